The van der Waals surface area contributed by atoms with E-state index in [1.165, 1.54) is 12.8 Å². The summed E-state index contributed by atoms with van der Waals surface area (Å²) in [6.45, 7) is 13.9. The normalized spacial score (nSPS) is 42.0. The van der Waals surface area contributed by atoms with Gasteiger partial charge in [0.25, 0.3) is 0 Å². The molecule has 5 atom stereocenters. The molecule has 21 heavy (non-hydrogen) atoms. The van der Waals surface area contributed by atoms with Crippen molar-refractivity contribution in [3.8, 4) is 11.5 Å². The third-order valence-electron chi connectivity index (χ3n) is 6.12. The van der Waals surface area contributed by atoms with E-state index in [9.17, 15) is 5.11 Å². The maximum Gasteiger partial charge on any atom is 0.129 e. The summed E-state index contributed by atoms with van der Waals surface area (Å²) in [7, 11) is -2.36. The number of aliphatic hydroxyl groups excluding tert-OH is 1. The van der Waals surface area contributed by atoms with Crippen molar-refractivity contribution < 1.29 is 5.11 Å². The molecule has 2 bridgehead atoms. The van der Waals surface area contributed by atoms with Crippen LogP contribution in [0.5, 0.6) is 0 Å². The van der Waals surface area contributed by atoms with Gasteiger partial charge in [0.05, 0.1) is 6.10 Å². The molecule has 0 amide bonds. The average Bonchev–Trinajstić information content (AvgIpc) is 2.58. The molecule has 0 aliphatic heterocycles. The maximum atomic E-state index is 11.0. The zero-order valence-corrected chi connectivity index (χ0v) is 18.0. The summed E-state index contributed by atoms with van der Waals surface area (Å²) in [5.41, 5.74) is 3.81. The Balaban J connectivity index is 2.24. The van der Waals surface area contributed by atoms with E-state index in [0.29, 0.717) is 11.2 Å². The van der Waals surface area contributed by atoms with E-state index < -0.39 is 16.5 Å². The largest absolute Gasteiger partial charge is 0.391 e. The summed E-state index contributed by atoms with van der Waals surface area (Å²) in [6.07, 6.45) is 4.57. The van der Waals surface area contributed by atoms with Gasteiger partial charge in [-0.15, -0.1) is 11.5 Å². The number of fused-ring (bicyclic) bond motifs is 2. The summed E-state index contributed by atoms with van der Waals surface area (Å²) in [6, 6.07) is 0. The first-order valence-electron chi connectivity index (χ1n) is 7.95. The molecule has 1 N–H and O–H groups in total. The van der Waals surface area contributed by atoms with Gasteiger partial charge in [0.1, 0.15) is 8.07 Å². The van der Waals surface area contributed by atoms with Crippen LogP contribution in [0, 0.1) is 28.2 Å². The number of hydrogen-bond donors (Lipinski definition) is 1. The zero-order chi connectivity index (χ0) is 16.3. The lowest BCUT2D eigenvalue weighted by Crippen LogP contribution is -2.41. The lowest BCUT2D eigenvalue weighted by Gasteiger charge is -2.43. The minimum atomic E-state index is -1.30. The van der Waals surface area contributed by atoms with Crippen LogP contribution in [0.15, 0.2) is 0 Å². The van der Waals surface area contributed by atoms with Crippen molar-refractivity contribution in [2.45, 2.75) is 64.6 Å². The van der Waals surface area contributed by atoms with E-state index in [2.05, 4.69) is 72.9 Å². The highest BCUT2D eigenvalue weighted by atomic mass is 79.9. The molecule has 0 radical (unpaired) electrons. The first kappa shape index (κ1) is 17.9. The van der Waals surface area contributed by atoms with Gasteiger partial charge < -0.3 is 5.11 Å². The molecule has 1 nitrogen and oxygen atoms in total. The van der Waals surface area contributed by atoms with Gasteiger partial charge in [-0.25, -0.2) is 0 Å². The van der Waals surface area contributed by atoms with Crippen LogP contribution in [0.4, 0.5) is 0 Å². The fraction of sp³-hybridized carbons (Fsp3) is 0.882. The van der Waals surface area contributed by atoms with Crippen molar-refractivity contribution in [1.29, 1.82) is 0 Å². The second-order valence-electron chi connectivity index (χ2n) is 8.93. The Morgan fingerprint density at radius 1 is 1.29 bits per heavy atom. The van der Waals surface area contributed by atoms with Gasteiger partial charge >= 0.3 is 0 Å². The van der Waals surface area contributed by atoms with Crippen molar-refractivity contribution in [1.82, 2.24) is 0 Å². The van der Waals surface area contributed by atoms with Crippen LogP contribution in [-0.4, -0.2) is 36.5 Å². The molecule has 2 saturated carbocycles. The highest BCUT2D eigenvalue weighted by Gasteiger charge is 2.67. The number of hydrogen-bond acceptors (Lipinski definition) is 1. The predicted molar refractivity (Wildman–Crippen MR) is 103 cm³/mol. The standard InChI is InChI=1S/C17H31BrOSSi/c1-16(2)13-9-10-17(16,3)15(19)14(13)20(4,18)11-8-12-21(5,6)7/h13-15,19H,9-11H2,1-7H3/t13-,14-,15-,17+/m1/s1. The Hall–Kier alpha value is 0.567. The first-order valence-corrected chi connectivity index (χ1v) is 15.6. The molecule has 2 rings (SSSR count). The summed E-state index contributed by atoms with van der Waals surface area (Å²) >= 11 is 4.03. The van der Waals surface area contributed by atoms with E-state index in [1.807, 2.05) is 0 Å². The second-order valence-corrected chi connectivity index (χ2v) is 21.0. The third kappa shape index (κ3) is 2.89. The quantitative estimate of drug-likeness (QED) is 0.530. The smallest absolute Gasteiger partial charge is 0.129 e. The lowest BCUT2D eigenvalue weighted by atomic mass is 9.70. The predicted octanol–water partition coefficient (Wildman–Crippen LogP) is 4.80. The van der Waals surface area contributed by atoms with Gasteiger partial charge in [-0.2, -0.15) is 8.46 Å². The molecule has 2 aliphatic rings. The first-order chi connectivity index (χ1) is 9.33. The van der Waals surface area contributed by atoms with Gasteiger partial charge in [0.15, 0.2) is 0 Å². The molecular formula is C17H31BrOSSi. The highest BCUT2D eigenvalue weighted by Crippen LogP contribution is 2.75. The van der Waals surface area contributed by atoms with Gasteiger partial charge in [-0.1, -0.05) is 40.4 Å². The summed E-state index contributed by atoms with van der Waals surface area (Å²) in [5, 5.41) is 11.4. The Kier molecular flexibility index (Phi) is 4.52. The minimum absolute atomic E-state index is 0.0799. The Bertz CT molecular complexity index is 485. The lowest BCUT2D eigenvalue weighted by molar-refractivity contribution is 0.0146. The number of aliphatic hydroxyl groups is 1. The zero-order valence-electron chi connectivity index (χ0n) is 14.6. The van der Waals surface area contributed by atoms with Crippen LogP contribution in [0.25, 0.3) is 0 Å². The van der Waals surface area contributed by atoms with Crippen LogP contribution in [0.1, 0.15) is 33.6 Å². The fourth-order valence-corrected chi connectivity index (χ4v) is 9.43. The Morgan fingerprint density at radius 3 is 2.29 bits per heavy atom. The molecular weight excluding hydrogens is 360 g/mol. The van der Waals surface area contributed by atoms with E-state index in [1.54, 1.807) is 0 Å². The van der Waals surface area contributed by atoms with Crippen molar-refractivity contribution in [2.24, 2.45) is 16.7 Å². The molecule has 122 valence electrons. The molecule has 0 aromatic rings. The SMILES string of the molecule is CC1(C)[C@@H]2CC[C@@]1(C)[C@H](O)[C@@H]2S(C)(Br)CC#C[Si](C)(C)C. The molecule has 0 aromatic carbocycles. The Morgan fingerprint density at radius 2 is 1.86 bits per heavy atom. The number of halogens is 1. The molecule has 0 aromatic heterocycles. The van der Waals surface area contributed by atoms with Crippen molar-refractivity contribution in [2.75, 3.05) is 12.0 Å². The summed E-state index contributed by atoms with van der Waals surface area (Å²) in [5.74, 6) is 5.00. The van der Waals surface area contributed by atoms with Crippen LogP contribution in [0.2, 0.25) is 19.6 Å². The van der Waals surface area contributed by atoms with Crippen LogP contribution in [-0.2, 0) is 0 Å². The minimum Gasteiger partial charge on any atom is -0.391 e. The highest BCUT2D eigenvalue weighted by molar-refractivity contribution is 9.58. The molecule has 4 heteroatoms. The van der Waals surface area contributed by atoms with E-state index in [0.717, 1.165) is 5.75 Å². The van der Waals surface area contributed by atoms with Gasteiger partial charge in [-0.05, 0) is 50.7 Å². The Labute approximate surface area is 141 Å². The van der Waals surface area contributed by atoms with Gasteiger partial charge in [0, 0.05) is 11.0 Å². The van der Waals surface area contributed by atoms with Crippen LogP contribution >= 0.6 is 23.3 Å². The fourth-order valence-electron chi connectivity index (χ4n) is 4.40. The topological polar surface area (TPSA) is 20.2 Å². The number of rotatable bonds is 2. The summed E-state index contributed by atoms with van der Waals surface area (Å²) in [4.78, 5) is 0. The third-order valence-corrected chi connectivity index (χ3v) is 11.5. The van der Waals surface area contributed by atoms with Crippen molar-refractivity contribution >= 4 is 31.3 Å². The van der Waals surface area contributed by atoms with Crippen molar-refractivity contribution in [3.63, 3.8) is 0 Å². The van der Waals surface area contributed by atoms with Crippen LogP contribution < -0.4 is 0 Å². The van der Waals surface area contributed by atoms with Crippen molar-refractivity contribution in [3.05, 3.63) is 0 Å². The molecule has 2 aliphatic carbocycles. The average molecular weight is 391 g/mol. The van der Waals surface area contributed by atoms with Crippen LogP contribution in [0.3, 0.4) is 0 Å². The summed E-state index contributed by atoms with van der Waals surface area (Å²) < 4.78 is 0. The monoisotopic (exact) mass is 390 g/mol. The van der Waals surface area contributed by atoms with Gasteiger partial charge in [-0.3, -0.25) is 0 Å². The molecule has 0 saturated heterocycles. The van der Waals surface area contributed by atoms with E-state index >= 15 is 0 Å². The molecule has 2 fully saturated rings. The van der Waals surface area contributed by atoms with E-state index in [4.69, 9.17) is 0 Å². The van der Waals surface area contributed by atoms with Gasteiger partial charge in [0.2, 0.25) is 0 Å². The molecule has 0 heterocycles. The van der Waals surface area contributed by atoms with E-state index in [-0.39, 0.29) is 16.9 Å². The maximum absolute atomic E-state index is 11.0. The second kappa shape index (κ2) is 5.29. The molecule has 0 spiro atoms. The molecule has 1 unspecified atom stereocenters.